The van der Waals surface area contributed by atoms with Crippen molar-refractivity contribution in [1.29, 1.82) is 0 Å². The van der Waals surface area contributed by atoms with Crippen LogP contribution in [0.2, 0.25) is 0 Å². The van der Waals surface area contributed by atoms with Gasteiger partial charge in [0, 0.05) is 12.4 Å². The summed E-state index contributed by atoms with van der Waals surface area (Å²) in [6, 6.07) is 4.85. The standard InChI is InChI=1S/C22H21N3O7S/c1-4-30-21(28)16-12(3)18(22(29)31-5-2)33-19(16)25-15(26)11-32-20(27)13-7-6-8-14-17(13)24-10-9-23-14/h6-10H,4-5,11H2,1-3H3,(H,25,26). The highest BCUT2D eigenvalue weighted by Crippen LogP contribution is 2.34. The first-order valence-corrected chi connectivity index (χ1v) is 10.8. The van der Waals surface area contributed by atoms with Crippen molar-refractivity contribution >= 4 is 51.2 Å². The number of thiophene rings is 1. The molecular weight excluding hydrogens is 450 g/mol. The number of amides is 1. The monoisotopic (exact) mass is 471 g/mol. The number of anilines is 1. The second-order valence-electron chi connectivity index (χ2n) is 6.56. The van der Waals surface area contributed by atoms with Gasteiger partial charge in [0.1, 0.15) is 15.4 Å². The highest BCUT2D eigenvalue weighted by molar-refractivity contribution is 7.18. The van der Waals surface area contributed by atoms with Crippen LogP contribution in [0.1, 0.15) is 49.8 Å². The Bertz CT molecular complexity index is 1220. The summed E-state index contributed by atoms with van der Waals surface area (Å²) in [5, 5.41) is 2.62. The van der Waals surface area contributed by atoms with Crippen LogP contribution in [0, 0.1) is 6.92 Å². The molecule has 3 rings (SSSR count). The van der Waals surface area contributed by atoms with Crippen molar-refractivity contribution in [3.05, 3.63) is 52.2 Å². The van der Waals surface area contributed by atoms with E-state index in [2.05, 4.69) is 15.3 Å². The van der Waals surface area contributed by atoms with Crippen molar-refractivity contribution in [3.8, 4) is 0 Å². The van der Waals surface area contributed by atoms with Gasteiger partial charge in [0.05, 0.1) is 29.9 Å². The van der Waals surface area contributed by atoms with Crippen LogP contribution in [0.15, 0.2) is 30.6 Å². The van der Waals surface area contributed by atoms with Gasteiger partial charge in [-0.1, -0.05) is 6.07 Å². The van der Waals surface area contributed by atoms with E-state index >= 15 is 0 Å². The van der Waals surface area contributed by atoms with Gasteiger partial charge in [0.2, 0.25) is 0 Å². The van der Waals surface area contributed by atoms with Gasteiger partial charge in [-0.3, -0.25) is 14.8 Å². The zero-order chi connectivity index (χ0) is 24.0. The minimum atomic E-state index is -0.753. The lowest BCUT2D eigenvalue weighted by molar-refractivity contribution is -0.119. The van der Waals surface area contributed by atoms with Gasteiger partial charge in [-0.2, -0.15) is 0 Å². The third kappa shape index (κ3) is 5.32. The Balaban J connectivity index is 1.76. The number of esters is 3. The lowest BCUT2D eigenvalue weighted by Gasteiger charge is -2.08. The third-order valence-corrected chi connectivity index (χ3v) is 5.58. The Labute approximate surface area is 192 Å². The zero-order valence-corrected chi connectivity index (χ0v) is 19.0. The molecule has 0 aliphatic rings. The second-order valence-corrected chi connectivity index (χ2v) is 7.58. The van der Waals surface area contributed by atoms with E-state index in [1.165, 1.54) is 18.5 Å². The Morgan fingerprint density at radius 1 is 0.939 bits per heavy atom. The summed E-state index contributed by atoms with van der Waals surface area (Å²) < 4.78 is 15.2. The van der Waals surface area contributed by atoms with E-state index in [0.717, 1.165) is 11.3 Å². The molecule has 33 heavy (non-hydrogen) atoms. The SMILES string of the molecule is CCOC(=O)c1sc(NC(=O)COC(=O)c2cccc3nccnc23)c(C(=O)OCC)c1C. The van der Waals surface area contributed by atoms with E-state index in [0.29, 0.717) is 16.6 Å². The Morgan fingerprint density at radius 2 is 1.64 bits per heavy atom. The van der Waals surface area contributed by atoms with Crippen LogP contribution in [0.4, 0.5) is 5.00 Å². The fraction of sp³-hybridized carbons (Fsp3) is 0.273. The van der Waals surface area contributed by atoms with Crippen LogP contribution in [-0.4, -0.2) is 53.6 Å². The number of rotatable bonds is 8. The second kappa shape index (κ2) is 10.6. The summed E-state index contributed by atoms with van der Waals surface area (Å²) in [4.78, 5) is 58.0. The maximum atomic E-state index is 12.5. The minimum Gasteiger partial charge on any atom is -0.462 e. The average Bonchev–Trinajstić information content (AvgIpc) is 3.13. The van der Waals surface area contributed by atoms with Crippen LogP contribution in [0.25, 0.3) is 11.0 Å². The molecule has 0 aliphatic carbocycles. The summed E-state index contributed by atoms with van der Waals surface area (Å²) in [5.74, 6) is -2.76. The van der Waals surface area contributed by atoms with Crippen molar-refractivity contribution in [2.75, 3.05) is 25.1 Å². The van der Waals surface area contributed by atoms with E-state index in [-0.39, 0.29) is 34.2 Å². The molecule has 0 radical (unpaired) electrons. The van der Waals surface area contributed by atoms with Gasteiger partial charge in [-0.15, -0.1) is 11.3 Å². The number of hydrogen-bond donors (Lipinski definition) is 1. The van der Waals surface area contributed by atoms with Crippen LogP contribution in [-0.2, 0) is 19.0 Å². The molecule has 0 aliphatic heterocycles. The lowest BCUT2D eigenvalue weighted by Crippen LogP contribution is -2.22. The fourth-order valence-electron chi connectivity index (χ4n) is 2.97. The number of nitrogens with zero attached hydrogens (tertiary/aromatic N) is 2. The number of fused-ring (bicyclic) bond motifs is 1. The van der Waals surface area contributed by atoms with Gasteiger partial charge in [-0.05, 0) is 38.5 Å². The van der Waals surface area contributed by atoms with Gasteiger partial charge in [0.25, 0.3) is 5.91 Å². The van der Waals surface area contributed by atoms with E-state index in [4.69, 9.17) is 14.2 Å². The molecular formula is C22H21N3O7S. The van der Waals surface area contributed by atoms with Crippen molar-refractivity contribution in [1.82, 2.24) is 9.97 Å². The number of benzene rings is 1. The summed E-state index contributed by atoms with van der Waals surface area (Å²) in [6.45, 7) is 4.51. The number of hydrogen-bond acceptors (Lipinski definition) is 10. The Kier molecular flexibility index (Phi) is 7.67. The topological polar surface area (TPSA) is 134 Å². The molecule has 10 nitrogen and oxygen atoms in total. The summed E-state index contributed by atoms with van der Waals surface area (Å²) in [5.41, 5.74) is 1.41. The van der Waals surface area contributed by atoms with Crippen molar-refractivity contribution in [2.24, 2.45) is 0 Å². The first-order valence-electron chi connectivity index (χ1n) is 10.0. The molecule has 2 aromatic heterocycles. The molecule has 0 spiro atoms. The van der Waals surface area contributed by atoms with Gasteiger partial charge in [0.15, 0.2) is 6.61 Å². The van der Waals surface area contributed by atoms with Crippen LogP contribution in [0.5, 0.6) is 0 Å². The van der Waals surface area contributed by atoms with Crippen molar-refractivity contribution < 1.29 is 33.4 Å². The van der Waals surface area contributed by atoms with Gasteiger partial charge < -0.3 is 19.5 Å². The van der Waals surface area contributed by atoms with Crippen molar-refractivity contribution in [2.45, 2.75) is 20.8 Å². The molecule has 2 heterocycles. The Hall–Kier alpha value is -3.86. The maximum absolute atomic E-state index is 12.5. The van der Waals surface area contributed by atoms with Gasteiger partial charge >= 0.3 is 17.9 Å². The number of para-hydroxylation sites is 1. The minimum absolute atomic E-state index is 0.0499. The molecule has 1 aromatic carbocycles. The predicted octanol–water partition coefficient (Wildman–Crippen LogP) is 3.15. The Morgan fingerprint density at radius 3 is 2.36 bits per heavy atom. The predicted molar refractivity (Wildman–Crippen MR) is 119 cm³/mol. The van der Waals surface area contributed by atoms with Crippen LogP contribution in [0.3, 0.4) is 0 Å². The van der Waals surface area contributed by atoms with Crippen LogP contribution < -0.4 is 5.32 Å². The fourth-order valence-corrected chi connectivity index (χ4v) is 4.08. The molecule has 11 heteroatoms. The molecule has 1 amide bonds. The van der Waals surface area contributed by atoms with Crippen molar-refractivity contribution in [3.63, 3.8) is 0 Å². The summed E-state index contributed by atoms with van der Waals surface area (Å²) in [6.07, 6.45) is 2.95. The summed E-state index contributed by atoms with van der Waals surface area (Å²) in [7, 11) is 0. The van der Waals surface area contributed by atoms with E-state index in [9.17, 15) is 19.2 Å². The maximum Gasteiger partial charge on any atom is 0.348 e. The zero-order valence-electron chi connectivity index (χ0n) is 18.2. The number of carbonyl (C=O) groups excluding carboxylic acids is 4. The first-order chi connectivity index (χ1) is 15.9. The highest BCUT2D eigenvalue weighted by Gasteiger charge is 2.27. The molecule has 1 N–H and O–H groups in total. The van der Waals surface area contributed by atoms with E-state index in [1.807, 2.05) is 0 Å². The highest BCUT2D eigenvalue weighted by atomic mass is 32.1. The van der Waals surface area contributed by atoms with E-state index in [1.54, 1.807) is 32.9 Å². The molecule has 172 valence electrons. The number of nitrogens with one attached hydrogen (secondary N) is 1. The molecule has 0 bridgehead atoms. The normalized spacial score (nSPS) is 10.5. The number of carbonyl (C=O) groups is 4. The van der Waals surface area contributed by atoms with Crippen LogP contribution >= 0.6 is 11.3 Å². The van der Waals surface area contributed by atoms with Gasteiger partial charge in [-0.25, -0.2) is 14.4 Å². The quantitative estimate of drug-likeness (QED) is 0.388. The average molecular weight is 471 g/mol. The lowest BCUT2D eigenvalue weighted by atomic mass is 10.1. The molecule has 0 saturated carbocycles. The largest absolute Gasteiger partial charge is 0.462 e. The molecule has 0 unspecified atom stereocenters. The summed E-state index contributed by atoms with van der Waals surface area (Å²) >= 11 is 0.883. The number of ether oxygens (including phenoxy) is 3. The van der Waals surface area contributed by atoms with E-state index < -0.39 is 30.4 Å². The molecule has 3 aromatic rings. The first kappa shape index (κ1) is 23.8. The smallest absolute Gasteiger partial charge is 0.348 e. The molecule has 0 saturated heterocycles. The third-order valence-electron chi connectivity index (χ3n) is 4.39. The molecule has 0 atom stereocenters. The molecule has 0 fully saturated rings. The number of aromatic nitrogens is 2.